The fourth-order valence-electron chi connectivity index (χ4n) is 3.86. The first kappa shape index (κ1) is 21.1. The molecule has 32 heavy (non-hydrogen) atoms. The van der Waals surface area contributed by atoms with Crippen molar-refractivity contribution < 1.29 is 24.2 Å². The van der Waals surface area contributed by atoms with E-state index < -0.39 is 24.5 Å². The highest BCUT2D eigenvalue weighted by Crippen LogP contribution is 2.44. The highest BCUT2D eigenvalue weighted by Gasteiger charge is 2.28. The molecule has 0 aliphatic heterocycles. The van der Waals surface area contributed by atoms with Gasteiger partial charge in [0, 0.05) is 18.0 Å². The number of benzene rings is 3. The van der Waals surface area contributed by atoms with Crippen LogP contribution in [0, 0.1) is 0 Å². The van der Waals surface area contributed by atoms with Gasteiger partial charge < -0.3 is 20.5 Å². The van der Waals surface area contributed by atoms with E-state index in [2.05, 4.69) is 34.9 Å². The monoisotopic (exact) mass is 430 g/mol. The maximum atomic E-state index is 12.3. The number of rotatable bonds is 7. The van der Waals surface area contributed by atoms with Gasteiger partial charge in [0.05, 0.1) is 0 Å². The Hall–Kier alpha value is -4.13. The standard InChI is InChI=1S/C25H22N2O5/c28-23(29)14-26-24(30)17-11-9-16(10-12-17)13-27-25(31)32-15-22-20-7-3-1-5-18(20)19-6-2-4-8-21(19)22/h1-12,22H,13-15H2,(H,26,30)(H,27,31)(H,28,29). The highest BCUT2D eigenvalue weighted by atomic mass is 16.5. The molecule has 0 bridgehead atoms. The Kier molecular flexibility index (Phi) is 6.17. The van der Waals surface area contributed by atoms with Gasteiger partial charge in [0.15, 0.2) is 0 Å². The highest BCUT2D eigenvalue weighted by molar-refractivity contribution is 5.95. The number of nitrogens with one attached hydrogen (secondary N) is 2. The van der Waals surface area contributed by atoms with Crippen LogP contribution in [0.15, 0.2) is 72.8 Å². The van der Waals surface area contributed by atoms with Gasteiger partial charge in [0.2, 0.25) is 0 Å². The van der Waals surface area contributed by atoms with Crippen molar-refractivity contribution in [3.63, 3.8) is 0 Å². The Bertz CT molecular complexity index is 1110. The van der Waals surface area contributed by atoms with E-state index in [0.29, 0.717) is 5.56 Å². The molecule has 0 aromatic heterocycles. The molecule has 0 spiro atoms. The fraction of sp³-hybridized carbons (Fsp3) is 0.160. The Balaban J connectivity index is 1.31. The molecule has 0 fully saturated rings. The second-order valence-electron chi connectivity index (χ2n) is 7.45. The number of amides is 2. The number of fused-ring (bicyclic) bond motifs is 3. The van der Waals surface area contributed by atoms with Gasteiger partial charge in [-0.2, -0.15) is 0 Å². The van der Waals surface area contributed by atoms with Gasteiger partial charge >= 0.3 is 12.1 Å². The largest absolute Gasteiger partial charge is 0.480 e. The van der Waals surface area contributed by atoms with Gasteiger partial charge in [0.25, 0.3) is 5.91 Å². The first-order chi connectivity index (χ1) is 15.5. The van der Waals surface area contributed by atoms with Crippen LogP contribution in [0.5, 0.6) is 0 Å². The molecule has 1 aliphatic rings. The lowest BCUT2D eigenvalue weighted by molar-refractivity contribution is -0.135. The summed E-state index contributed by atoms with van der Waals surface area (Å²) in [6.45, 7) is 0.0418. The number of hydrogen-bond acceptors (Lipinski definition) is 4. The molecule has 7 heteroatoms. The summed E-state index contributed by atoms with van der Waals surface area (Å²) < 4.78 is 5.51. The molecule has 0 saturated heterocycles. The van der Waals surface area contributed by atoms with Gasteiger partial charge in [-0.15, -0.1) is 0 Å². The molecule has 3 N–H and O–H groups in total. The van der Waals surface area contributed by atoms with Crippen LogP contribution in [0.1, 0.15) is 33.0 Å². The zero-order valence-electron chi connectivity index (χ0n) is 17.2. The normalized spacial score (nSPS) is 11.9. The van der Waals surface area contributed by atoms with E-state index in [1.54, 1.807) is 24.3 Å². The first-order valence-electron chi connectivity index (χ1n) is 10.2. The molecular formula is C25H22N2O5. The number of carbonyl (C=O) groups is 3. The van der Waals surface area contributed by atoms with Crippen LogP contribution in [0.3, 0.4) is 0 Å². The summed E-state index contributed by atoms with van der Waals surface area (Å²) in [5.74, 6) is -1.58. The predicted molar refractivity (Wildman–Crippen MR) is 118 cm³/mol. The number of alkyl carbamates (subject to hydrolysis) is 1. The summed E-state index contributed by atoms with van der Waals surface area (Å²) in [5.41, 5.74) is 5.77. The second-order valence-corrected chi connectivity index (χ2v) is 7.45. The van der Waals surface area contributed by atoms with Crippen LogP contribution in [0.4, 0.5) is 4.79 Å². The van der Waals surface area contributed by atoms with Gasteiger partial charge in [-0.05, 0) is 39.9 Å². The van der Waals surface area contributed by atoms with E-state index in [1.165, 1.54) is 11.1 Å². The number of hydrogen-bond donors (Lipinski definition) is 3. The van der Waals surface area contributed by atoms with Crippen LogP contribution in [0.2, 0.25) is 0 Å². The Labute approximate surface area is 185 Å². The molecule has 3 aromatic rings. The van der Waals surface area contributed by atoms with Crippen molar-refractivity contribution in [1.29, 1.82) is 0 Å². The summed E-state index contributed by atoms with van der Waals surface area (Å²) in [6.07, 6.45) is -0.518. The molecule has 0 radical (unpaired) electrons. The van der Waals surface area contributed by atoms with Gasteiger partial charge in [-0.25, -0.2) is 4.79 Å². The number of carbonyl (C=O) groups excluding carboxylic acids is 2. The zero-order chi connectivity index (χ0) is 22.5. The van der Waals surface area contributed by atoms with Crippen molar-refractivity contribution >= 4 is 18.0 Å². The molecule has 162 valence electrons. The lowest BCUT2D eigenvalue weighted by atomic mass is 9.98. The van der Waals surface area contributed by atoms with E-state index in [9.17, 15) is 14.4 Å². The first-order valence-corrected chi connectivity index (χ1v) is 10.2. The smallest absolute Gasteiger partial charge is 0.407 e. The lowest BCUT2D eigenvalue weighted by Gasteiger charge is -2.14. The van der Waals surface area contributed by atoms with Crippen LogP contribution in [-0.4, -0.2) is 36.2 Å². The second kappa shape index (κ2) is 9.34. The Morgan fingerprint density at radius 1 is 0.812 bits per heavy atom. The number of carboxylic acid groups (broad SMARTS) is 1. The van der Waals surface area contributed by atoms with Crippen LogP contribution in [0.25, 0.3) is 11.1 Å². The van der Waals surface area contributed by atoms with E-state index in [0.717, 1.165) is 16.7 Å². The van der Waals surface area contributed by atoms with Crippen molar-refractivity contribution in [2.75, 3.05) is 13.2 Å². The SMILES string of the molecule is O=C(O)CNC(=O)c1ccc(CNC(=O)OCC2c3ccccc3-c3ccccc32)cc1. The molecule has 4 rings (SSSR count). The van der Waals surface area contributed by atoms with Crippen molar-refractivity contribution in [2.45, 2.75) is 12.5 Å². The number of ether oxygens (including phenoxy) is 1. The number of carboxylic acids is 1. The molecule has 0 heterocycles. The molecule has 7 nitrogen and oxygen atoms in total. The van der Waals surface area contributed by atoms with Crippen molar-refractivity contribution in [2.24, 2.45) is 0 Å². The average Bonchev–Trinajstić information content (AvgIpc) is 3.14. The number of aliphatic carboxylic acids is 1. The quantitative estimate of drug-likeness (QED) is 0.532. The maximum Gasteiger partial charge on any atom is 0.407 e. The topological polar surface area (TPSA) is 105 Å². The van der Waals surface area contributed by atoms with Crippen LogP contribution >= 0.6 is 0 Å². The van der Waals surface area contributed by atoms with Gasteiger partial charge in [0.1, 0.15) is 13.2 Å². The summed E-state index contributed by atoms with van der Waals surface area (Å²) in [4.78, 5) is 34.6. The summed E-state index contributed by atoms with van der Waals surface area (Å²) in [5, 5.41) is 13.6. The van der Waals surface area contributed by atoms with Gasteiger partial charge in [-0.1, -0.05) is 60.7 Å². The van der Waals surface area contributed by atoms with Crippen molar-refractivity contribution in [3.8, 4) is 11.1 Å². The molecule has 0 atom stereocenters. The van der Waals surface area contributed by atoms with E-state index in [4.69, 9.17) is 9.84 Å². The molecular weight excluding hydrogens is 408 g/mol. The van der Waals surface area contributed by atoms with Crippen molar-refractivity contribution in [1.82, 2.24) is 10.6 Å². The summed E-state index contributed by atoms with van der Waals surface area (Å²) in [7, 11) is 0. The molecule has 1 aliphatic carbocycles. The minimum atomic E-state index is -1.11. The van der Waals surface area contributed by atoms with Gasteiger partial charge in [-0.3, -0.25) is 9.59 Å². The predicted octanol–water partition coefficient (Wildman–Crippen LogP) is 3.54. The third kappa shape index (κ3) is 4.62. The molecule has 0 unspecified atom stereocenters. The third-order valence-corrected chi connectivity index (χ3v) is 5.40. The minimum absolute atomic E-state index is 0.00301. The zero-order valence-corrected chi connectivity index (χ0v) is 17.2. The van der Waals surface area contributed by atoms with Crippen molar-refractivity contribution in [3.05, 3.63) is 95.1 Å². The summed E-state index contributed by atoms with van der Waals surface area (Å²) >= 11 is 0. The van der Waals surface area contributed by atoms with E-state index >= 15 is 0 Å². The molecule has 2 amide bonds. The van der Waals surface area contributed by atoms with Crippen LogP contribution in [-0.2, 0) is 16.1 Å². The summed E-state index contributed by atoms with van der Waals surface area (Å²) in [6, 6.07) is 22.8. The third-order valence-electron chi connectivity index (χ3n) is 5.40. The van der Waals surface area contributed by atoms with E-state index in [-0.39, 0.29) is 19.1 Å². The molecule has 0 saturated carbocycles. The Morgan fingerprint density at radius 2 is 1.41 bits per heavy atom. The fourth-order valence-corrected chi connectivity index (χ4v) is 3.86. The maximum absolute atomic E-state index is 12.3. The van der Waals surface area contributed by atoms with E-state index in [1.807, 2.05) is 24.3 Å². The minimum Gasteiger partial charge on any atom is -0.480 e. The molecule has 3 aromatic carbocycles. The van der Waals surface area contributed by atoms with Crippen LogP contribution < -0.4 is 10.6 Å². The lowest BCUT2D eigenvalue weighted by Crippen LogP contribution is -2.29. The Morgan fingerprint density at radius 3 is 2.00 bits per heavy atom. The average molecular weight is 430 g/mol.